The zero-order chi connectivity index (χ0) is 22.7. The van der Waals surface area contributed by atoms with Crippen molar-refractivity contribution in [3.05, 3.63) is 77.1 Å². The minimum Gasteiger partial charge on any atom is -0.505 e. The molecule has 3 N–H and O–H groups in total. The number of carbonyl (C=O) groups is 1. The third-order valence-electron chi connectivity index (χ3n) is 4.70. The van der Waals surface area contributed by atoms with Crippen LogP contribution in [-0.4, -0.2) is 21.0 Å². The highest BCUT2D eigenvalue weighted by atomic mass is 16.3. The van der Waals surface area contributed by atoms with E-state index in [0.29, 0.717) is 16.5 Å². The average Bonchev–Trinajstić information content (AvgIpc) is 3.22. The van der Waals surface area contributed by atoms with E-state index in [9.17, 15) is 9.90 Å². The number of amides is 1. The molecule has 1 amide bonds. The van der Waals surface area contributed by atoms with Gasteiger partial charge in [0.25, 0.3) is 5.91 Å². The Morgan fingerprint density at radius 3 is 2.53 bits per heavy atom. The van der Waals surface area contributed by atoms with Crippen LogP contribution in [0.2, 0.25) is 0 Å². The number of H-pyrrole nitrogens is 1. The van der Waals surface area contributed by atoms with Gasteiger partial charge >= 0.3 is 0 Å². The Morgan fingerprint density at radius 2 is 1.84 bits per heavy atom. The summed E-state index contributed by atoms with van der Waals surface area (Å²) in [7, 11) is 0. The van der Waals surface area contributed by atoms with Crippen molar-refractivity contribution < 1.29 is 9.90 Å². The van der Waals surface area contributed by atoms with Crippen LogP contribution in [0.1, 0.15) is 27.3 Å². The third-order valence-corrected chi connectivity index (χ3v) is 4.70. The standard InChI is InChI=1S/C23H15N7O2/c1-13-6-8-15(9-7-13)26-22(32)17-10-14-4-2-3-5-16(14)20(21(17)31)29-30-23-27-18(11-24)19(12-25)28-23/h2-10,31H,1H3,(H,26,32)(H,27,28). The molecule has 32 heavy (non-hydrogen) atoms. The number of azo groups is 1. The van der Waals surface area contributed by atoms with Crippen LogP contribution in [0.25, 0.3) is 10.8 Å². The Hall–Kier alpha value is -5.02. The minimum atomic E-state index is -0.509. The van der Waals surface area contributed by atoms with E-state index in [1.54, 1.807) is 48.5 Å². The molecule has 0 saturated heterocycles. The lowest BCUT2D eigenvalue weighted by Crippen LogP contribution is -2.12. The molecule has 1 aromatic heterocycles. The van der Waals surface area contributed by atoms with E-state index in [-0.39, 0.29) is 34.3 Å². The van der Waals surface area contributed by atoms with Crippen LogP contribution in [0.5, 0.6) is 5.75 Å². The number of phenolic OH excluding ortho intramolecular Hbond substituents is 1. The quantitative estimate of drug-likeness (QED) is 0.397. The van der Waals surface area contributed by atoms with Gasteiger partial charge < -0.3 is 15.4 Å². The number of aromatic nitrogens is 2. The second kappa shape index (κ2) is 8.38. The predicted octanol–water partition coefficient (Wildman–Crippen LogP) is 4.99. The van der Waals surface area contributed by atoms with Crippen molar-refractivity contribution in [2.24, 2.45) is 10.2 Å². The lowest BCUT2D eigenvalue weighted by Gasteiger charge is -2.11. The average molecular weight is 421 g/mol. The molecule has 0 saturated carbocycles. The number of carbonyl (C=O) groups excluding carboxylic acids is 1. The van der Waals surface area contributed by atoms with E-state index in [1.165, 1.54) is 0 Å². The topological polar surface area (TPSA) is 150 Å². The summed E-state index contributed by atoms with van der Waals surface area (Å²) in [5.74, 6) is -0.939. The lowest BCUT2D eigenvalue weighted by atomic mass is 10.0. The number of aromatic amines is 1. The largest absolute Gasteiger partial charge is 0.505 e. The summed E-state index contributed by atoms with van der Waals surface area (Å²) in [6, 6.07) is 19.5. The van der Waals surface area contributed by atoms with Gasteiger partial charge in [0, 0.05) is 11.1 Å². The van der Waals surface area contributed by atoms with Gasteiger partial charge in [-0.15, -0.1) is 10.2 Å². The molecule has 9 nitrogen and oxygen atoms in total. The molecule has 0 aliphatic heterocycles. The van der Waals surface area contributed by atoms with Gasteiger partial charge in [-0.25, -0.2) is 0 Å². The summed E-state index contributed by atoms with van der Waals surface area (Å²) in [6.07, 6.45) is 0. The van der Waals surface area contributed by atoms with Crippen LogP contribution in [0.15, 0.2) is 64.8 Å². The number of nitrogens with one attached hydrogen (secondary N) is 2. The van der Waals surface area contributed by atoms with Crippen molar-refractivity contribution >= 4 is 34.0 Å². The molecule has 154 valence electrons. The number of anilines is 1. The number of nitriles is 2. The second-order valence-electron chi connectivity index (χ2n) is 6.87. The summed E-state index contributed by atoms with van der Waals surface area (Å²) in [4.78, 5) is 19.3. The van der Waals surface area contributed by atoms with Crippen molar-refractivity contribution in [3.8, 4) is 17.9 Å². The number of rotatable bonds is 4. The molecule has 4 aromatic rings. The molecule has 0 aliphatic rings. The minimum absolute atomic E-state index is 0.0214. The summed E-state index contributed by atoms with van der Waals surface area (Å²) in [5, 5.41) is 40.9. The molecule has 0 aliphatic carbocycles. The molecule has 3 aromatic carbocycles. The lowest BCUT2D eigenvalue weighted by molar-refractivity contribution is 0.102. The van der Waals surface area contributed by atoms with Crippen LogP contribution < -0.4 is 5.32 Å². The molecule has 0 radical (unpaired) electrons. The van der Waals surface area contributed by atoms with Crippen molar-refractivity contribution in [1.29, 1.82) is 10.5 Å². The Kier molecular flexibility index (Phi) is 5.31. The van der Waals surface area contributed by atoms with Crippen molar-refractivity contribution in [2.75, 3.05) is 5.32 Å². The fourth-order valence-corrected chi connectivity index (χ4v) is 3.09. The summed E-state index contributed by atoms with van der Waals surface area (Å²) in [5.41, 5.74) is 1.57. The van der Waals surface area contributed by atoms with E-state index in [1.807, 2.05) is 25.1 Å². The molecule has 0 atom stereocenters. The van der Waals surface area contributed by atoms with E-state index < -0.39 is 5.91 Å². The molecular formula is C23H15N7O2. The molecule has 0 fully saturated rings. The van der Waals surface area contributed by atoms with Crippen LogP contribution in [-0.2, 0) is 0 Å². The Morgan fingerprint density at radius 1 is 1.09 bits per heavy atom. The predicted molar refractivity (Wildman–Crippen MR) is 117 cm³/mol. The first kappa shape index (κ1) is 20.3. The number of imidazole rings is 1. The number of hydrogen-bond donors (Lipinski definition) is 3. The van der Waals surface area contributed by atoms with Gasteiger partial charge in [-0.2, -0.15) is 15.5 Å². The number of aromatic hydroxyl groups is 1. The highest BCUT2D eigenvalue weighted by molar-refractivity contribution is 6.11. The molecular weight excluding hydrogens is 406 g/mol. The maximum Gasteiger partial charge on any atom is 0.259 e. The van der Waals surface area contributed by atoms with Gasteiger partial charge in [0.1, 0.15) is 17.8 Å². The van der Waals surface area contributed by atoms with E-state index >= 15 is 0 Å². The smallest absolute Gasteiger partial charge is 0.259 e. The Balaban J connectivity index is 1.77. The monoisotopic (exact) mass is 421 g/mol. The first-order valence-electron chi connectivity index (χ1n) is 9.45. The highest BCUT2D eigenvalue weighted by Crippen LogP contribution is 2.39. The maximum absolute atomic E-state index is 12.9. The van der Waals surface area contributed by atoms with Crippen molar-refractivity contribution in [3.63, 3.8) is 0 Å². The Labute approximate surface area is 182 Å². The zero-order valence-electron chi connectivity index (χ0n) is 16.8. The van der Waals surface area contributed by atoms with E-state index in [0.717, 1.165) is 5.56 Å². The number of benzene rings is 3. The molecule has 0 spiro atoms. The molecule has 1 heterocycles. The van der Waals surface area contributed by atoms with Gasteiger partial charge in [-0.05, 0) is 30.5 Å². The van der Waals surface area contributed by atoms with E-state index in [4.69, 9.17) is 10.5 Å². The van der Waals surface area contributed by atoms with Gasteiger partial charge in [0.05, 0.1) is 5.56 Å². The SMILES string of the molecule is Cc1ccc(NC(=O)c2cc3ccccc3c(N=Nc3nc(C#N)c(C#N)[nH]3)c2O)cc1. The molecule has 4 rings (SSSR count). The number of nitrogens with zero attached hydrogens (tertiary/aromatic N) is 5. The van der Waals surface area contributed by atoms with Gasteiger partial charge in [0.2, 0.25) is 5.95 Å². The summed E-state index contributed by atoms with van der Waals surface area (Å²) < 4.78 is 0. The number of fused-ring (bicyclic) bond motifs is 1. The van der Waals surface area contributed by atoms with Gasteiger partial charge in [0.15, 0.2) is 17.1 Å². The van der Waals surface area contributed by atoms with Crippen molar-refractivity contribution in [2.45, 2.75) is 6.92 Å². The highest BCUT2D eigenvalue weighted by Gasteiger charge is 2.19. The van der Waals surface area contributed by atoms with Gasteiger partial charge in [-0.3, -0.25) is 4.79 Å². The molecule has 0 unspecified atom stereocenters. The summed E-state index contributed by atoms with van der Waals surface area (Å²) in [6.45, 7) is 1.94. The second-order valence-corrected chi connectivity index (χ2v) is 6.87. The fraction of sp³-hybridized carbons (Fsp3) is 0.0435. The summed E-state index contributed by atoms with van der Waals surface area (Å²) >= 11 is 0. The van der Waals surface area contributed by atoms with Crippen LogP contribution in [0, 0.1) is 29.6 Å². The van der Waals surface area contributed by atoms with Crippen LogP contribution >= 0.6 is 0 Å². The van der Waals surface area contributed by atoms with Crippen LogP contribution in [0.4, 0.5) is 17.3 Å². The van der Waals surface area contributed by atoms with Crippen LogP contribution in [0.3, 0.4) is 0 Å². The Bertz CT molecular complexity index is 1420. The van der Waals surface area contributed by atoms with Crippen molar-refractivity contribution in [1.82, 2.24) is 9.97 Å². The fourth-order valence-electron chi connectivity index (χ4n) is 3.09. The number of hydrogen-bond acceptors (Lipinski definition) is 7. The maximum atomic E-state index is 12.9. The normalized spacial score (nSPS) is 10.7. The van der Waals surface area contributed by atoms with Gasteiger partial charge in [-0.1, -0.05) is 42.0 Å². The van der Waals surface area contributed by atoms with E-state index in [2.05, 4.69) is 25.5 Å². The number of aryl methyl sites for hydroxylation is 1. The molecule has 0 bridgehead atoms. The third kappa shape index (κ3) is 3.86. The molecule has 9 heteroatoms. The zero-order valence-corrected chi connectivity index (χ0v) is 16.8. The first-order chi connectivity index (χ1) is 15.5. The first-order valence-corrected chi connectivity index (χ1v) is 9.45. The number of phenols is 1.